The maximum absolute atomic E-state index is 11.1. The molecule has 5 heteroatoms. The lowest BCUT2D eigenvalue weighted by atomic mass is 9.89. The number of nitrogens with zero attached hydrogens (tertiary/aromatic N) is 1. The Morgan fingerprint density at radius 1 is 1.77 bits per heavy atom. The molecule has 1 spiro atoms. The molecule has 0 unspecified atom stereocenters. The SMILES string of the molecule is CN1OCC[C@@]12CC(=O)O[C@@H]2CO. The Labute approximate surface area is 76.2 Å². The fourth-order valence-corrected chi connectivity index (χ4v) is 2.09. The molecule has 0 aromatic rings. The molecule has 2 rings (SSSR count). The van der Waals surface area contributed by atoms with Crippen LogP contribution in [0.15, 0.2) is 0 Å². The largest absolute Gasteiger partial charge is 0.458 e. The summed E-state index contributed by atoms with van der Waals surface area (Å²) in [6.07, 6.45) is 0.613. The molecule has 2 aliphatic rings. The summed E-state index contributed by atoms with van der Waals surface area (Å²) in [5.41, 5.74) is -0.425. The van der Waals surface area contributed by atoms with Crippen molar-refractivity contribution in [1.29, 1.82) is 0 Å². The van der Waals surface area contributed by atoms with Gasteiger partial charge < -0.3 is 9.84 Å². The number of carbonyl (C=O) groups excluding carboxylic acids is 1. The Bertz CT molecular complexity index is 232. The zero-order chi connectivity index (χ0) is 9.47. The van der Waals surface area contributed by atoms with E-state index >= 15 is 0 Å². The minimum Gasteiger partial charge on any atom is -0.458 e. The van der Waals surface area contributed by atoms with Crippen molar-refractivity contribution in [2.24, 2.45) is 0 Å². The molecule has 0 aromatic heterocycles. The average molecular weight is 187 g/mol. The summed E-state index contributed by atoms with van der Waals surface area (Å²) in [6.45, 7) is 0.447. The van der Waals surface area contributed by atoms with E-state index in [0.717, 1.165) is 6.42 Å². The summed E-state index contributed by atoms with van der Waals surface area (Å²) in [6, 6.07) is 0. The molecule has 74 valence electrons. The number of esters is 1. The van der Waals surface area contributed by atoms with Crippen molar-refractivity contribution in [1.82, 2.24) is 5.06 Å². The van der Waals surface area contributed by atoms with E-state index in [1.807, 2.05) is 0 Å². The second-order valence-corrected chi connectivity index (χ2v) is 3.52. The van der Waals surface area contributed by atoms with E-state index < -0.39 is 11.6 Å². The highest BCUT2D eigenvalue weighted by atomic mass is 16.7. The lowest BCUT2D eigenvalue weighted by molar-refractivity contribution is -0.163. The van der Waals surface area contributed by atoms with Crippen LogP contribution < -0.4 is 0 Å². The van der Waals surface area contributed by atoms with Crippen molar-refractivity contribution in [2.45, 2.75) is 24.5 Å². The molecule has 1 N–H and O–H groups in total. The standard InChI is InChI=1S/C8H13NO4/c1-9-8(2-3-12-9)4-7(11)13-6(8)5-10/h6,10H,2-5H2,1H3/t6-,8+/m1/s1. The predicted molar refractivity (Wildman–Crippen MR) is 42.6 cm³/mol. The summed E-state index contributed by atoms with van der Waals surface area (Å²) < 4.78 is 5.01. The number of carbonyl (C=O) groups is 1. The summed E-state index contributed by atoms with van der Waals surface area (Å²) >= 11 is 0. The minimum absolute atomic E-state index is 0.139. The van der Waals surface area contributed by atoms with Crippen molar-refractivity contribution in [3.63, 3.8) is 0 Å². The van der Waals surface area contributed by atoms with Gasteiger partial charge in [-0.1, -0.05) is 0 Å². The van der Waals surface area contributed by atoms with Crippen molar-refractivity contribution in [3.05, 3.63) is 0 Å². The summed E-state index contributed by atoms with van der Waals surface area (Å²) in [4.78, 5) is 16.4. The van der Waals surface area contributed by atoms with E-state index in [1.54, 1.807) is 12.1 Å². The molecule has 2 atom stereocenters. The Balaban J connectivity index is 2.24. The molecular weight excluding hydrogens is 174 g/mol. The monoisotopic (exact) mass is 187 g/mol. The number of aliphatic hydroxyl groups is 1. The maximum Gasteiger partial charge on any atom is 0.308 e. The van der Waals surface area contributed by atoms with Crippen LogP contribution in [-0.2, 0) is 14.4 Å². The first-order chi connectivity index (χ1) is 6.19. The minimum atomic E-state index is -0.438. The highest BCUT2D eigenvalue weighted by molar-refractivity contribution is 5.74. The third kappa shape index (κ3) is 1.15. The second kappa shape index (κ2) is 2.94. The lowest BCUT2D eigenvalue weighted by Crippen LogP contribution is -2.49. The number of hydroxylamine groups is 2. The van der Waals surface area contributed by atoms with Crippen LogP contribution in [0.1, 0.15) is 12.8 Å². The van der Waals surface area contributed by atoms with Gasteiger partial charge in [0.05, 0.1) is 25.2 Å². The lowest BCUT2D eigenvalue weighted by Gasteiger charge is -2.31. The molecule has 2 heterocycles. The predicted octanol–water partition coefficient (Wildman–Crippen LogP) is -0.700. The van der Waals surface area contributed by atoms with Crippen molar-refractivity contribution >= 4 is 5.97 Å². The van der Waals surface area contributed by atoms with Gasteiger partial charge in [0.25, 0.3) is 0 Å². The summed E-state index contributed by atoms with van der Waals surface area (Å²) in [5, 5.41) is 10.7. The van der Waals surface area contributed by atoms with Gasteiger partial charge in [0, 0.05) is 7.05 Å². The average Bonchev–Trinajstić information content (AvgIpc) is 2.59. The number of hydrogen-bond donors (Lipinski definition) is 1. The van der Waals surface area contributed by atoms with Gasteiger partial charge in [-0.15, -0.1) is 0 Å². The number of hydrogen-bond acceptors (Lipinski definition) is 5. The van der Waals surface area contributed by atoms with Gasteiger partial charge in [-0.2, -0.15) is 5.06 Å². The van der Waals surface area contributed by atoms with Crippen LogP contribution in [0, 0.1) is 0 Å². The topological polar surface area (TPSA) is 59.0 Å². The molecule has 0 saturated carbocycles. The van der Waals surface area contributed by atoms with Gasteiger partial charge in [-0.05, 0) is 6.42 Å². The highest BCUT2D eigenvalue weighted by Gasteiger charge is 2.54. The van der Waals surface area contributed by atoms with Crippen LogP contribution in [0.2, 0.25) is 0 Å². The number of aliphatic hydroxyl groups excluding tert-OH is 1. The molecule has 5 nitrogen and oxygen atoms in total. The van der Waals surface area contributed by atoms with E-state index in [2.05, 4.69) is 0 Å². The Morgan fingerprint density at radius 3 is 3.08 bits per heavy atom. The Hall–Kier alpha value is -0.650. The van der Waals surface area contributed by atoms with E-state index in [9.17, 15) is 4.79 Å². The molecule has 0 aromatic carbocycles. The Morgan fingerprint density at radius 2 is 2.54 bits per heavy atom. The van der Waals surface area contributed by atoms with Crippen LogP contribution in [0.3, 0.4) is 0 Å². The first-order valence-electron chi connectivity index (χ1n) is 4.36. The molecule has 2 aliphatic heterocycles. The van der Waals surface area contributed by atoms with E-state index in [1.165, 1.54) is 0 Å². The smallest absolute Gasteiger partial charge is 0.308 e. The van der Waals surface area contributed by atoms with Crippen LogP contribution in [0.5, 0.6) is 0 Å². The number of ether oxygens (including phenoxy) is 1. The first-order valence-corrected chi connectivity index (χ1v) is 4.36. The van der Waals surface area contributed by atoms with Crippen molar-refractivity contribution in [3.8, 4) is 0 Å². The van der Waals surface area contributed by atoms with Crippen LogP contribution in [0.25, 0.3) is 0 Å². The molecular formula is C8H13NO4. The summed E-state index contributed by atoms with van der Waals surface area (Å²) in [5.74, 6) is -0.253. The normalized spacial score (nSPS) is 40.2. The quantitative estimate of drug-likeness (QED) is 0.550. The molecule has 2 fully saturated rings. The number of cyclic esters (lactones) is 1. The van der Waals surface area contributed by atoms with Crippen LogP contribution in [-0.4, -0.2) is 48.0 Å². The van der Waals surface area contributed by atoms with E-state index in [-0.39, 0.29) is 12.6 Å². The van der Waals surface area contributed by atoms with Gasteiger partial charge >= 0.3 is 5.97 Å². The van der Waals surface area contributed by atoms with Crippen LogP contribution in [0.4, 0.5) is 0 Å². The van der Waals surface area contributed by atoms with Crippen molar-refractivity contribution in [2.75, 3.05) is 20.3 Å². The number of rotatable bonds is 1. The first kappa shape index (κ1) is 8.93. The second-order valence-electron chi connectivity index (χ2n) is 3.52. The van der Waals surface area contributed by atoms with Crippen LogP contribution >= 0.6 is 0 Å². The molecule has 13 heavy (non-hydrogen) atoms. The third-order valence-electron chi connectivity index (χ3n) is 2.94. The molecule has 0 aliphatic carbocycles. The fraction of sp³-hybridized carbons (Fsp3) is 0.875. The molecule has 0 bridgehead atoms. The summed E-state index contributed by atoms with van der Waals surface area (Å²) in [7, 11) is 1.78. The van der Waals surface area contributed by atoms with Crippen molar-refractivity contribution < 1.29 is 19.5 Å². The van der Waals surface area contributed by atoms with Gasteiger partial charge in [0.15, 0.2) is 0 Å². The van der Waals surface area contributed by atoms with Gasteiger partial charge in [0.1, 0.15) is 6.10 Å². The van der Waals surface area contributed by atoms with E-state index in [0.29, 0.717) is 13.0 Å². The zero-order valence-corrected chi connectivity index (χ0v) is 7.52. The highest BCUT2D eigenvalue weighted by Crippen LogP contribution is 2.38. The fourth-order valence-electron chi connectivity index (χ4n) is 2.09. The van der Waals surface area contributed by atoms with E-state index in [4.69, 9.17) is 14.7 Å². The third-order valence-corrected chi connectivity index (χ3v) is 2.94. The number of likely N-dealkylation sites (N-methyl/N-ethyl adjacent to an activating group) is 1. The maximum atomic E-state index is 11.1. The molecule has 2 saturated heterocycles. The Kier molecular flexibility index (Phi) is 2.02. The molecule has 0 radical (unpaired) electrons. The van der Waals surface area contributed by atoms with Gasteiger partial charge in [0.2, 0.25) is 0 Å². The zero-order valence-electron chi connectivity index (χ0n) is 7.52. The molecule has 0 amide bonds. The van der Waals surface area contributed by atoms with Gasteiger partial charge in [-0.3, -0.25) is 9.63 Å². The van der Waals surface area contributed by atoms with Gasteiger partial charge in [-0.25, -0.2) is 0 Å².